The van der Waals surface area contributed by atoms with Crippen molar-refractivity contribution in [2.45, 2.75) is 50.3 Å². The van der Waals surface area contributed by atoms with E-state index in [4.69, 9.17) is 4.74 Å². The van der Waals surface area contributed by atoms with E-state index >= 15 is 0 Å². The first-order valence-electron chi connectivity index (χ1n) is 7.69. The SMILES string of the molecule is O=C1NCCCCC1NCC1CN2CCCC2CO1. The van der Waals surface area contributed by atoms with Gasteiger partial charge in [-0.25, -0.2) is 0 Å². The molecule has 0 aromatic carbocycles. The van der Waals surface area contributed by atoms with Gasteiger partial charge in [-0.05, 0) is 38.6 Å². The third kappa shape index (κ3) is 3.27. The van der Waals surface area contributed by atoms with Gasteiger partial charge in [0.05, 0.1) is 18.8 Å². The average Bonchev–Trinajstić information content (AvgIpc) is 2.79. The van der Waals surface area contributed by atoms with Crippen molar-refractivity contribution in [2.24, 2.45) is 0 Å². The molecule has 0 radical (unpaired) electrons. The topological polar surface area (TPSA) is 53.6 Å². The molecule has 3 rings (SSSR count). The van der Waals surface area contributed by atoms with E-state index in [-0.39, 0.29) is 18.1 Å². The molecular formula is C14H25N3O2. The number of hydrogen-bond acceptors (Lipinski definition) is 4. The summed E-state index contributed by atoms with van der Waals surface area (Å²) in [7, 11) is 0. The summed E-state index contributed by atoms with van der Waals surface area (Å²) in [4.78, 5) is 14.4. The number of carbonyl (C=O) groups is 1. The van der Waals surface area contributed by atoms with E-state index in [1.807, 2.05) is 0 Å². The Morgan fingerprint density at radius 1 is 1.32 bits per heavy atom. The highest BCUT2D eigenvalue weighted by Crippen LogP contribution is 2.22. The number of nitrogens with zero attached hydrogens (tertiary/aromatic N) is 1. The lowest BCUT2D eigenvalue weighted by atomic mass is 10.1. The highest BCUT2D eigenvalue weighted by Gasteiger charge is 2.32. The molecule has 3 aliphatic heterocycles. The van der Waals surface area contributed by atoms with Crippen molar-refractivity contribution in [3.05, 3.63) is 0 Å². The third-order valence-corrected chi connectivity index (χ3v) is 4.59. The van der Waals surface area contributed by atoms with Crippen molar-refractivity contribution in [2.75, 3.05) is 32.8 Å². The summed E-state index contributed by atoms with van der Waals surface area (Å²) in [5, 5.41) is 6.36. The largest absolute Gasteiger partial charge is 0.374 e. The van der Waals surface area contributed by atoms with Gasteiger partial charge in [0, 0.05) is 25.7 Å². The number of amides is 1. The zero-order valence-electron chi connectivity index (χ0n) is 11.6. The molecule has 0 saturated carbocycles. The Balaban J connectivity index is 1.45. The van der Waals surface area contributed by atoms with Crippen molar-refractivity contribution in [1.82, 2.24) is 15.5 Å². The van der Waals surface area contributed by atoms with Crippen LogP contribution in [0.15, 0.2) is 0 Å². The molecule has 3 heterocycles. The Bertz CT molecular complexity index is 324. The molecule has 108 valence electrons. The van der Waals surface area contributed by atoms with Gasteiger partial charge >= 0.3 is 0 Å². The summed E-state index contributed by atoms with van der Waals surface area (Å²) >= 11 is 0. The van der Waals surface area contributed by atoms with Gasteiger partial charge in [-0.2, -0.15) is 0 Å². The minimum Gasteiger partial charge on any atom is -0.374 e. The lowest BCUT2D eigenvalue weighted by Gasteiger charge is -2.35. The van der Waals surface area contributed by atoms with Gasteiger partial charge in [0.15, 0.2) is 0 Å². The van der Waals surface area contributed by atoms with E-state index in [0.717, 1.165) is 45.5 Å². The quantitative estimate of drug-likeness (QED) is 0.762. The van der Waals surface area contributed by atoms with E-state index in [1.54, 1.807) is 0 Å². The number of hydrogen-bond donors (Lipinski definition) is 2. The summed E-state index contributed by atoms with van der Waals surface area (Å²) in [5.74, 6) is 0.160. The Morgan fingerprint density at radius 3 is 3.21 bits per heavy atom. The second-order valence-corrected chi connectivity index (χ2v) is 5.99. The van der Waals surface area contributed by atoms with Crippen molar-refractivity contribution >= 4 is 5.91 Å². The van der Waals surface area contributed by atoms with Crippen LogP contribution in [0.2, 0.25) is 0 Å². The van der Waals surface area contributed by atoms with Gasteiger partial charge in [0.2, 0.25) is 5.91 Å². The first kappa shape index (κ1) is 13.3. The summed E-state index contributed by atoms with van der Waals surface area (Å²) in [6.07, 6.45) is 6.00. The number of nitrogens with one attached hydrogen (secondary N) is 2. The first-order chi connectivity index (χ1) is 9.33. The molecule has 5 nitrogen and oxygen atoms in total. The maximum Gasteiger partial charge on any atom is 0.237 e. The molecule has 0 spiro atoms. The van der Waals surface area contributed by atoms with Gasteiger partial charge in [-0.3, -0.25) is 9.69 Å². The molecule has 0 aromatic heterocycles. The van der Waals surface area contributed by atoms with Crippen LogP contribution in [0.1, 0.15) is 32.1 Å². The predicted octanol–water partition coefficient (Wildman–Crippen LogP) is 0.108. The molecule has 2 N–H and O–H groups in total. The summed E-state index contributed by atoms with van der Waals surface area (Å²) in [6, 6.07) is 0.625. The lowest BCUT2D eigenvalue weighted by molar-refractivity contribution is -0.123. The fraction of sp³-hybridized carbons (Fsp3) is 0.929. The molecule has 3 aliphatic rings. The van der Waals surface area contributed by atoms with E-state index in [1.165, 1.54) is 19.4 Å². The normalized spacial score (nSPS) is 36.6. The molecule has 3 saturated heterocycles. The number of morpholine rings is 1. The maximum atomic E-state index is 11.8. The fourth-order valence-corrected chi connectivity index (χ4v) is 3.42. The van der Waals surface area contributed by atoms with E-state index in [2.05, 4.69) is 15.5 Å². The van der Waals surface area contributed by atoms with Crippen LogP contribution < -0.4 is 10.6 Å². The van der Waals surface area contributed by atoms with Crippen LogP contribution in [-0.4, -0.2) is 61.8 Å². The second-order valence-electron chi connectivity index (χ2n) is 5.99. The minimum atomic E-state index is -0.0256. The smallest absolute Gasteiger partial charge is 0.237 e. The molecular weight excluding hydrogens is 242 g/mol. The van der Waals surface area contributed by atoms with Crippen molar-refractivity contribution < 1.29 is 9.53 Å². The summed E-state index contributed by atoms with van der Waals surface area (Å²) in [5.41, 5.74) is 0. The molecule has 0 aliphatic carbocycles. The maximum absolute atomic E-state index is 11.8. The molecule has 19 heavy (non-hydrogen) atoms. The number of carbonyl (C=O) groups excluding carboxylic acids is 1. The molecule has 0 aromatic rings. The van der Waals surface area contributed by atoms with Gasteiger partial charge in [-0.15, -0.1) is 0 Å². The summed E-state index contributed by atoms with van der Waals surface area (Å²) in [6.45, 7) is 4.72. The van der Waals surface area contributed by atoms with Crippen LogP contribution in [0.5, 0.6) is 0 Å². The van der Waals surface area contributed by atoms with Crippen LogP contribution in [0.4, 0.5) is 0 Å². The van der Waals surface area contributed by atoms with Crippen LogP contribution in [0.3, 0.4) is 0 Å². The Morgan fingerprint density at radius 2 is 2.26 bits per heavy atom. The molecule has 5 heteroatoms. The molecule has 1 amide bonds. The zero-order chi connectivity index (χ0) is 13.1. The van der Waals surface area contributed by atoms with Crippen LogP contribution in [-0.2, 0) is 9.53 Å². The van der Waals surface area contributed by atoms with E-state index in [0.29, 0.717) is 6.04 Å². The summed E-state index contributed by atoms with van der Waals surface area (Å²) < 4.78 is 5.91. The zero-order valence-corrected chi connectivity index (χ0v) is 11.6. The van der Waals surface area contributed by atoms with Gasteiger partial charge in [0.1, 0.15) is 0 Å². The standard InChI is InChI=1S/C14H25N3O2/c18-14-13(5-1-2-6-15-14)16-8-12-9-17-7-3-4-11(17)10-19-12/h11-13,16H,1-10H2,(H,15,18). The lowest BCUT2D eigenvalue weighted by Crippen LogP contribution is -2.52. The number of fused-ring (bicyclic) bond motifs is 1. The van der Waals surface area contributed by atoms with Crippen molar-refractivity contribution in [3.63, 3.8) is 0 Å². The van der Waals surface area contributed by atoms with Gasteiger partial charge < -0.3 is 15.4 Å². The van der Waals surface area contributed by atoms with Crippen LogP contribution in [0, 0.1) is 0 Å². The van der Waals surface area contributed by atoms with E-state index < -0.39 is 0 Å². The van der Waals surface area contributed by atoms with Crippen LogP contribution >= 0.6 is 0 Å². The third-order valence-electron chi connectivity index (χ3n) is 4.59. The molecule has 3 fully saturated rings. The average molecular weight is 267 g/mol. The van der Waals surface area contributed by atoms with E-state index in [9.17, 15) is 4.79 Å². The Labute approximate surface area is 115 Å². The highest BCUT2D eigenvalue weighted by atomic mass is 16.5. The van der Waals surface area contributed by atoms with Gasteiger partial charge in [0.25, 0.3) is 0 Å². The fourth-order valence-electron chi connectivity index (χ4n) is 3.42. The van der Waals surface area contributed by atoms with Crippen molar-refractivity contribution in [3.8, 4) is 0 Å². The second kappa shape index (κ2) is 6.20. The molecule has 3 atom stereocenters. The predicted molar refractivity (Wildman–Crippen MR) is 73.0 cm³/mol. The molecule has 0 bridgehead atoms. The minimum absolute atomic E-state index is 0.0256. The Hall–Kier alpha value is -0.650. The van der Waals surface area contributed by atoms with Crippen LogP contribution in [0.25, 0.3) is 0 Å². The first-order valence-corrected chi connectivity index (χ1v) is 7.69. The molecule has 3 unspecified atom stereocenters. The highest BCUT2D eigenvalue weighted by molar-refractivity contribution is 5.81. The monoisotopic (exact) mass is 267 g/mol. The number of ether oxygens (including phenoxy) is 1. The van der Waals surface area contributed by atoms with Crippen molar-refractivity contribution in [1.29, 1.82) is 0 Å². The Kier molecular flexibility index (Phi) is 4.35. The van der Waals surface area contributed by atoms with Gasteiger partial charge in [-0.1, -0.05) is 0 Å². The number of rotatable bonds is 3.